The quantitative estimate of drug-likeness (QED) is 0.656. The first-order chi connectivity index (χ1) is 6.65. The fourth-order valence-corrected chi connectivity index (χ4v) is 1.17. The van der Waals surface area contributed by atoms with Crippen LogP contribution in [-0.4, -0.2) is 11.9 Å². The molecule has 0 aromatic heterocycles. The minimum absolute atomic E-state index is 0.236. The lowest BCUT2D eigenvalue weighted by Gasteiger charge is -2.07. The molecule has 1 unspecified atom stereocenters. The van der Waals surface area contributed by atoms with E-state index in [9.17, 15) is 18.7 Å². The molecule has 78 valence electrons. The second-order valence-corrected chi connectivity index (χ2v) is 3.00. The third-order valence-corrected chi connectivity index (χ3v) is 2.04. The van der Waals surface area contributed by atoms with Crippen molar-refractivity contribution in [3.05, 3.63) is 0 Å². The molecule has 14 heavy (non-hydrogen) atoms. The summed E-state index contributed by atoms with van der Waals surface area (Å²) in [4.78, 5) is 21.8. The van der Waals surface area contributed by atoms with E-state index in [-0.39, 0.29) is 6.42 Å². The lowest BCUT2D eigenvalue weighted by atomic mass is 10.0. The van der Waals surface area contributed by atoms with E-state index in [1.165, 1.54) is 0 Å². The molecule has 0 fully saturated rings. The van der Waals surface area contributed by atoms with Gasteiger partial charge in [0.25, 0.3) is 0 Å². The van der Waals surface area contributed by atoms with Gasteiger partial charge in [0, 0.05) is 0 Å². The van der Waals surface area contributed by atoms with Crippen molar-refractivity contribution in [2.45, 2.75) is 19.8 Å². The maximum Gasteiger partial charge on any atom is 0.398 e. The zero-order valence-corrected chi connectivity index (χ0v) is 9.12. The van der Waals surface area contributed by atoms with Crippen LogP contribution in [0.3, 0.4) is 0 Å². The first kappa shape index (κ1) is 13.1. The van der Waals surface area contributed by atoms with Crippen LogP contribution in [0.15, 0.2) is 0 Å². The van der Waals surface area contributed by atoms with Gasteiger partial charge in [0.1, 0.15) is 0 Å². The van der Waals surface area contributed by atoms with Crippen LogP contribution in [0.1, 0.15) is 19.8 Å². The van der Waals surface area contributed by atoms with Crippen LogP contribution in [-0.2, 0) is 27.8 Å². The van der Waals surface area contributed by atoms with E-state index in [4.69, 9.17) is 0 Å². The summed E-state index contributed by atoms with van der Waals surface area (Å²) in [6.07, 6.45) is 0.110. The van der Waals surface area contributed by atoms with Crippen LogP contribution >= 0.6 is 17.4 Å². The van der Waals surface area contributed by atoms with Gasteiger partial charge in [-0.15, -0.1) is 0 Å². The van der Waals surface area contributed by atoms with Gasteiger partial charge in [-0.1, -0.05) is 6.92 Å². The van der Waals surface area contributed by atoms with Gasteiger partial charge in [0.05, 0.1) is 12.3 Å². The van der Waals surface area contributed by atoms with Crippen molar-refractivity contribution in [1.82, 2.24) is 0 Å². The van der Waals surface area contributed by atoms with Crippen LogP contribution in [0.5, 0.6) is 0 Å². The molecule has 0 aromatic rings. The predicted octanol–water partition coefficient (Wildman–Crippen LogP) is 1.90. The molecule has 0 N–H and O–H groups in total. The van der Waals surface area contributed by atoms with E-state index in [0.717, 1.165) is 0 Å². The van der Waals surface area contributed by atoms with Crippen molar-refractivity contribution in [3.8, 4) is 0 Å². The molecule has 0 bridgehead atoms. The van der Waals surface area contributed by atoms with Crippen molar-refractivity contribution in [2.24, 2.45) is 5.92 Å². The Morgan fingerprint density at radius 1 is 1.21 bits per heavy atom. The van der Waals surface area contributed by atoms with Gasteiger partial charge in [-0.25, -0.2) is 9.13 Å². The van der Waals surface area contributed by atoms with E-state index < -0.39 is 35.2 Å². The van der Waals surface area contributed by atoms with Gasteiger partial charge in [-0.3, -0.25) is 9.59 Å². The van der Waals surface area contributed by atoms with Crippen molar-refractivity contribution >= 4 is 29.3 Å². The molecule has 0 aliphatic carbocycles. The molecule has 0 saturated carbocycles. The fourth-order valence-electron chi connectivity index (χ4n) is 0.786. The Balaban J connectivity index is 4.13. The van der Waals surface area contributed by atoms with Crippen LogP contribution in [0.25, 0.3) is 0 Å². The molecule has 0 heterocycles. The summed E-state index contributed by atoms with van der Waals surface area (Å²) in [7, 11) is -1.51. The summed E-state index contributed by atoms with van der Waals surface area (Å²) in [6.45, 7) is 1.66. The Morgan fingerprint density at radius 2 is 1.79 bits per heavy atom. The van der Waals surface area contributed by atoms with Gasteiger partial charge < -0.3 is 9.05 Å². The summed E-state index contributed by atoms with van der Waals surface area (Å²) in [5.41, 5.74) is 0. The Hall–Kier alpha value is -0.860. The highest BCUT2D eigenvalue weighted by Crippen LogP contribution is 2.15. The Kier molecular flexibility index (Phi) is 7.07. The van der Waals surface area contributed by atoms with E-state index in [0.29, 0.717) is 6.42 Å². The van der Waals surface area contributed by atoms with Crippen molar-refractivity contribution in [1.29, 1.82) is 0 Å². The minimum Gasteiger partial charge on any atom is -0.373 e. The average molecular weight is 238 g/mol. The largest absolute Gasteiger partial charge is 0.398 e. The molecule has 0 aliphatic heterocycles. The molecule has 0 saturated heterocycles. The summed E-state index contributed by atoms with van der Waals surface area (Å²) >= 11 is 0. The SMILES string of the molecule is CCC(CC(=O)OP=O)C(=O)OP=O. The van der Waals surface area contributed by atoms with E-state index >= 15 is 0 Å². The Labute approximate surface area is 83.5 Å². The summed E-state index contributed by atoms with van der Waals surface area (Å²) in [6, 6.07) is 0. The van der Waals surface area contributed by atoms with Crippen molar-refractivity contribution < 1.29 is 27.8 Å². The number of hydrogen-bond acceptors (Lipinski definition) is 6. The molecule has 0 spiro atoms. The molecule has 6 nitrogen and oxygen atoms in total. The Bertz CT molecular complexity index is 240. The molecule has 8 heteroatoms. The monoisotopic (exact) mass is 238 g/mol. The maximum atomic E-state index is 11.0. The summed E-state index contributed by atoms with van der Waals surface area (Å²) in [5.74, 6) is -2.23. The highest BCUT2D eigenvalue weighted by Gasteiger charge is 2.22. The number of carbonyl (C=O) groups is 2. The van der Waals surface area contributed by atoms with Gasteiger partial charge >= 0.3 is 29.3 Å². The smallest absolute Gasteiger partial charge is 0.373 e. The molecular weight excluding hydrogens is 230 g/mol. The number of hydrogen-bond donors (Lipinski definition) is 0. The fraction of sp³-hybridized carbons (Fsp3) is 0.667. The topological polar surface area (TPSA) is 86.7 Å². The molecule has 0 aromatic carbocycles. The highest BCUT2D eigenvalue weighted by atomic mass is 31.1. The van der Waals surface area contributed by atoms with Gasteiger partial charge in [-0.2, -0.15) is 0 Å². The second kappa shape index (κ2) is 7.54. The molecular formula is C6H8O6P2. The highest BCUT2D eigenvalue weighted by molar-refractivity contribution is 7.18. The van der Waals surface area contributed by atoms with Gasteiger partial charge in [0.2, 0.25) is 0 Å². The maximum absolute atomic E-state index is 11.0. The Morgan fingerprint density at radius 3 is 2.21 bits per heavy atom. The van der Waals surface area contributed by atoms with Crippen molar-refractivity contribution in [3.63, 3.8) is 0 Å². The van der Waals surface area contributed by atoms with Crippen LogP contribution < -0.4 is 0 Å². The molecule has 0 aliphatic rings. The molecule has 0 amide bonds. The van der Waals surface area contributed by atoms with Crippen LogP contribution in [0.4, 0.5) is 0 Å². The minimum atomic E-state index is -0.770. The van der Waals surface area contributed by atoms with Crippen LogP contribution in [0.2, 0.25) is 0 Å². The zero-order chi connectivity index (χ0) is 11.0. The zero-order valence-electron chi connectivity index (χ0n) is 7.34. The third kappa shape index (κ3) is 5.00. The normalized spacial score (nSPS) is 12.4. The number of carbonyl (C=O) groups excluding carboxylic acids is 2. The van der Waals surface area contributed by atoms with Gasteiger partial charge in [-0.05, 0) is 6.42 Å². The predicted molar refractivity (Wildman–Crippen MR) is 45.8 cm³/mol. The summed E-state index contributed by atoms with van der Waals surface area (Å²) in [5, 5.41) is 0. The van der Waals surface area contributed by atoms with Crippen molar-refractivity contribution in [2.75, 3.05) is 0 Å². The standard InChI is InChI=1S/C6H8O6P2/c1-2-4(6(8)12-14-10)3-5(7)11-13-9/h4H,2-3H2,1H3. The van der Waals surface area contributed by atoms with Crippen LogP contribution in [0, 0.1) is 5.92 Å². The third-order valence-electron chi connectivity index (χ3n) is 1.51. The lowest BCUT2D eigenvalue weighted by Crippen LogP contribution is -2.17. The number of rotatable bonds is 6. The molecule has 0 rings (SSSR count). The second-order valence-electron chi connectivity index (χ2n) is 2.33. The van der Waals surface area contributed by atoms with E-state index in [2.05, 4.69) is 9.05 Å². The average Bonchev–Trinajstić information content (AvgIpc) is 2.15. The summed E-state index contributed by atoms with van der Waals surface area (Å²) < 4.78 is 28.1. The van der Waals surface area contributed by atoms with E-state index in [1.54, 1.807) is 6.92 Å². The first-order valence-electron chi connectivity index (χ1n) is 3.71. The van der Waals surface area contributed by atoms with Gasteiger partial charge in [0.15, 0.2) is 0 Å². The lowest BCUT2D eigenvalue weighted by molar-refractivity contribution is -0.144. The van der Waals surface area contributed by atoms with E-state index in [1.807, 2.05) is 0 Å². The molecule has 1 atom stereocenters. The first-order valence-corrected chi connectivity index (χ1v) is 5.17. The molecule has 0 radical (unpaired) electrons.